The summed E-state index contributed by atoms with van der Waals surface area (Å²) in [6, 6.07) is 14.4. The van der Waals surface area contributed by atoms with Gasteiger partial charge in [0.05, 0.1) is 11.2 Å². The molecule has 0 aliphatic carbocycles. The van der Waals surface area contributed by atoms with Gasteiger partial charge in [0.2, 0.25) is 5.96 Å². The van der Waals surface area contributed by atoms with Gasteiger partial charge in [-0.3, -0.25) is 4.90 Å². The van der Waals surface area contributed by atoms with E-state index in [1.54, 1.807) is 17.5 Å². The summed E-state index contributed by atoms with van der Waals surface area (Å²) in [7, 11) is 0. The molecule has 4 nitrogen and oxygen atoms in total. The Morgan fingerprint density at radius 1 is 1.13 bits per heavy atom. The first-order chi connectivity index (χ1) is 11.0. The molecule has 0 radical (unpaired) electrons. The molecule has 0 aliphatic heterocycles. The van der Waals surface area contributed by atoms with Crippen LogP contribution in [0.1, 0.15) is 20.8 Å². The highest BCUT2D eigenvalue weighted by molar-refractivity contribution is 7.13. The van der Waals surface area contributed by atoms with Gasteiger partial charge in [-0.2, -0.15) is 0 Å². The van der Waals surface area contributed by atoms with Crippen LogP contribution in [0, 0.1) is 0 Å². The van der Waals surface area contributed by atoms with Gasteiger partial charge in [-0.05, 0) is 32.2 Å². The van der Waals surface area contributed by atoms with E-state index < -0.39 is 0 Å². The fourth-order valence-electron chi connectivity index (χ4n) is 2.45. The number of benzene rings is 2. The Labute approximate surface area is 140 Å². The van der Waals surface area contributed by atoms with Crippen molar-refractivity contribution in [3.63, 3.8) is 0 Å². The lowest BCUT2D eigenvalue weighted by atomic mass is 10.1. The monoisotopic (exact) mass is 324 g/mol. The average molecular weight is 324 g/mol. The summed E-state index contributed by atoms with van der Waals surface area (Å²) in [5.41, 5.74) is 7.09. The van der Waals surface area contributed by atoms with Gasteiger partial charge in [-0.25, -0.2) is 9.98 Å². The number of nitrogens with two attached hydrogens (primary N) is 1. The third-order valence-electron chi connectivity index (χ3n) is 3.30. The van der Waals surface area contributed by atoms with Crippen LogP contribution in [0.25, 0.3) is 10.8 Å². The lowest BCUT2D eigenvalue weighted by Crippen LogP contribution is -2.36. The molecule has 2 aromatic carbocycles. The molecule has 0 fully saturated rings. The molecule has 1 aromatic heterocycles. The highest BCUT2D eigenvalue weighted by Gasteiger charge is 2.20. The summed E-state index contributed by atoms with van der Waals surface area (Å²) in [5.74, 6) is 0.448. The third-order valence-corrected chi connectivity index (χ3v) is 4.05. The molecule has 0 saturated carbocycles. The number of fused-ring (bicyclic) bond motifs is 1. The van der Waals surface area contributed by atoms with Gasteiger partial charge < -0.3 is 5.73 Å². The first-order valence-electron chi connectivity index (χ1n) is 7.48. The predicted molar refractivity (Wildman–Crippen MR) is 99.6 cm³/mol. The Hall–Kier alpha value is -2.40. The van der Waals surface area contributed by atoms with Crippen molar-refractivity contribution < 1.29 is 0 Å². The molecule has 2 N–H and O–H groups in total. The molecular formula is C18H20N4S. The fourth-order valence-corrected chi connectivity index (χ4v) is 3.11. The summed E-state index contributed by atoms with van der Waals surface area (Å²) >= 11 is 1.54. The number of nitrogens with zero attached hydrogens (tertiary/aromatic N) is 3. The summed E-state index contributed by atoms with van der Waals surface area (Å²) in [5, 5.41) is 5.04. The first-order valence-corrected chi connectivity index (χ1v) is 8.36. The van der Waals surface area contributed by atoms with Crippen molar-refractivity contribution in [2.45, 2.75) is 26.3 Å². The number of aliphatic imine (C=N–C) groups is 1. The molecule has 0 aliphatic rings. The van der Waals surface area contributed by atoms with Gasteiger partial charge in [0.15, 0.2) is 5.13 Å². The minimum atomic E-state index is -0.260. The van der Waals surface area contributed by atoms with Crippen molar-refractivity contribution in [1.29, 1.82) is 0 Å². The fraction of sp³-hybridized carbons (Fsp3) is 0.222. The SMILES string of the molecule is CC(C)(C)N=C(N)N(c1nccs1)c1cccc2ccccc12. The van der Waals surface area contributed by atoms with Gasteiger partial charge in [0.25, 0.3) is 0 Å². The van der Waals surface area contributed by atoms with E-state index in [-0.39, 0.29) is 5.54 Å². The second kappa shape index (κ2) is 6.01. The van der Waals surface area contributed by atoms with Crippen LogP contribution in [0.2, 0.25) is 0 Å². The van der Waals surface area contributed by atoms with Crippen LogP contribution in [0.5, 0.6) is 0 Å². The molecule has 118 valence electrons. The molecule has 1 heterocycles. The van der Waals surface area contributed by atoms with E-state index in [0.29, 0.717) is 5.96 Å². The minimum absolute atomic E-state index is 0.260. The van der Waals surface area contributed by atoms with Gasteiger partial charge in [0.1, 0.15) is 0 Å². The maximum absolute atomic E-state index is 6.36. The molecule has 0 saturated heterocycles. The maximum Gasteiger partial charge on any atom is 0.202 e. The summed E-state index contributed by atoms with van der Waals surface area (Å²) in [6.45, 7) is 6.09. The Kier molecular flexibility index (Phi) is 4.05. The Morgan fingerprint density at radius 2 is 1.87 bits per heavy atom. The van der Waals surface area contributed by atoms with Crippen LogP contribution < -0.4 is 10.6 Å². The zero-order valence-corrected chi connectivity index (χ0v) is 14.3. The van der Waals surface area contributed by atoms with E-state index in [1.807, 2.05) is 49.3 Å². The van der Waals surface area contributed by atoms with Crippen LogP contribution in [0.3, 0.4) is 0 Å². The van der Waals surface area contributed by atoms with Crippen LogP contribution in [-0.2, 0) is 0 Å². The zero-order chi connectivity index (χ0) is 16.4. The lowest BCUT2D eigenvalue weighted by Gasteiger charge is -2.25. The number of aromatic nitrogens is 1. The van der Waals surface area contributed by atoms with E-state index in [1.165, 1.54) is 0 Å². The molecule has 3 aromatic rings. The molecule has 5 heteroatoms. The highest BCUT2D eigenvalue weighted by Crippen LogP contribution is 2.33. The lowest BCUT2D eigenvalue weighted by molar-refractivity contribution is 0.582. The summed E-state index contributed by atoms with van der Waals surface area (Å²) in [4.78, 5) is 11.0. The second-order valence-electron chi connectivity index (χ2n) is 6.29. The molecular weight excluding hydrogens is 304 g/mol. The van der Waals surface area contributed by atoms with Crippen LogP contribution >= 0.6 is 11.3 Å². The molecule has 0 amide bonds. The topological polar surface area (TPSA) is 54.5 Å². The normalized spacial score (nSPS) is 12.6. The maximum atomic E-state index is 6.36. The van der Waals surface area contributed by atoms with E-state index in [4.69, 9.17) is 5.73 Å². The van der Waals surface area contributed by atoms with Crippen LogP contribution in [0.4, 0.5) is 10.8 Å². The number of hydrogen-bond acceptors (Lipinski definition) is 3. The molecule has 23 heavy (non-hydrogen) atoms. The highest BCUT2D eigenvalue weighted by atomic mass is 32.1. The van der Waals surface area contributed by atoms with Crippen molar-refractivity contribution in [3.8, 4) is 0 Å². The quantitative estimate of drug-likeness (QED) is 0.556. The number of thiazole rings is 1. The Bertz CT molecular complexity index is 826. The van der Waals surface area contributed by atoms with Crippen molar-refractivity contribution in [3.05, 3.63) is 54.0 Å². The number of hydrogen-bond donors (Lipinski definition) is 1. The zero-order valence-electron chi connectivity index (χ0n) is 13.5. The Balaban J connectivity index is 2.21. The van der Waals surface area contributed by atoms with Gasteiger partial charge in [0, 0.05) is 17.0 Å². The molecule has 3 rings (SSSR count). The number of guanidine groups is 1. The molecule has 0 spiro atoms. The van der Waals surface area contributed by atoms with Gasteiger partial charge >= 0.3 is 0 Å². The standard InChI is InChI=1S/C18H20N4S/c1-18(2,3)21-16(19)22(17-20-11-12-23-17)15-10-6-8-13-7-4-5-9-14(13)15/h4-12H,1-3H3,(H2,19,21). The van der Waals surface area contributed by atoms with Crippen molar-refractivity contribution in [2.24, 2.45) is 10.7 Å². The van der Waals surface area contributed by atoms with E-state index >= 15 is 0 Å². The number of rotatable bonds is 2. The van der Waals surface area contributed by atoms with Crippen LogP contribution in [0.15, 0.2) is 59.0 Å². The third kappa shape index (κ3) is 3.35. The second-order valence-corrected chi connectivity index (χ2v) is 7.16. The number of anilines is 2. The largest absolute Gasteiger partial charge is 0.369 e. The van der Waals surface area contributed by atoms with E-state index in [9.17, 15) is 0 Å². The smallest absolute Gasteiger partial charge is 0.202 e. The van der Waals surface area contributed by atoms with Gasteiger partial charge in [-0.1, -0.05) is 36.4 Å². The van der Waals surface area contributed by atoms with E-state index in [0.717, 1.165) is 21.6 Å². The van der Waals surface area contributed by atoms with Gasteiger partial charge in [-0.15, -0.1) is 11.3 Å². The van der Waals surface area contributed by atoms with Crippen molar-refractivity contribution in [1.82, 2.24) is 4.98 Å². The predicted octanol–water partition coefficient (Wildman–Crippen LogP) is 4.55. The Morgan fingerprint density at radius 3 is 2.57 bits per heavy atom. The van der Waals surface area contributed by atoms with Crippen LogP contribution in [-0.4, -0.2) is 16.5 Å². The minimum Gasteiger partial charge on any atom is -0.369 e. The average Bonchev–Trinajstić information content (AvgIpc) is 3.00. The summed E-state index contributed by atoms with van der Waals surface area (Å²) in [6.07, 6.45) is 1.78. The molecule has 0 bridgehead atoms. The molecule has 0 unspecified atom stereocenters. The molecule has 0 atom stereocenters. The van der Waals surface area contributed by atoms with E-state index in [2.05, 4.69) is 34.2 Å². The summed E-state index contributed by atoms with van der Waals surface area (Å²) < 4.78 is 0. The van der Waals surface area contributed by atoms with Crippen molar-refractivity contribution >= 4 is 38.9 Å². The van der Waals surface area contributed by atoms with Crippen molar-refractivity contribution in [2.75, 3.05) is 4.90 Å². The first kappa shape index (κ1) is 15.5.